The molecule has 0 amide bonds. The number of nitrogens with one attached hydrogen (secondary N) is 1. The van der Waals surface area contributed by atoms with E-state index < -0.39 is 0 Å². The molecule has 0 spiro atoms. The van der Waals surface area contributed by atoms with E-state index in [0.717, 1.165) is 0 Å². The van der Waals surface area contributed by atoms with Crippen LogP contribution in [0.15, 0.2) is 0 Å². The van der Waals surface area contributed by atoms with Crippen molar-refractivity contribution in [1.82, 2.24) is 4.30 Å². The molecule has 0 bridgehead atoms. The first-order valence-corrected chi connectivity index (χ1v) is 3.10. The number of hydrogen-bond acceptors (Lipinski definition) is 1. The van der Waals surface area contributed by atoms with Gasteiger partial charge < -0.3 is 12.4 Å². The molecule has 0 aromatic carbocycles. The predicted molar refractivity (Wildman–Crippen MR) is 20.7 cm³/mol. The molecule has 0 aliphatic rings. The molecule has 30 valence electrons. The minimum atomic E-state index is 0. The van der Waals surface area contributed by atoms with Crippen LogP contribution in [0.5, 0.6) is 0 Å². The summed E-state index contributed by atoms with van der Waals surface area (Å²) in [6, 6.07) is 0. The molecule has 0 aliphatic heterocycles. The van der Waals surface area contributed by atoms with Crippen molar-refractivity contribution < 1.29 is 12.4 Å². The number of hydrogen-bond donors (Lipinski definition) is 1. The molecular formula is C2H7AlClN. The molecule has 0 saturated carbocycles. The van der Waals surface area contributed by atoms with Gasteiger partial charge in [0.1, 0.15) is 0 Å². The maximum Gasteiger partial charge on any atom is -1.00 e. The summed E-state index contributed by atoms with van der Waals surface area (Å²) in [6.45, 7) is 0. The minimum Gasteiger partial charge on any atom is -1.00 e. The second-order valence-corrected chi connectivity index (χ2v) is 1.73. The van der Waals surface area contributed by atoms with Crippen molar-refractivity contribution in [2.24, 2.45) is 0 Å². The first-order chi connectivity index (χ1) is 1.91. The van der Waals surface area contributed by atoms with Crippen molar-refractivity contribution in [2.75, 3.05) is 7.05 Å². The Bertz CT molecular complexity index is 11.6. The number of rotatable bonds is 1. The van der Waals surface area contributed by atoms with Crippen molar-refractivity contribution in [3.8, 4) is 0 Å². The topological polar surface area (TPSA) is 12.0 Å². The van der Waals surface area contributed by atoms with Crippen molar-refractivity contribution in [3.63, 3.8) is 0 Å². The average Bonchev–Trinajstić information content (AvgIpc) is 1.37. The largest absolute Gasteiger partial charge is 1.00 e. The van der Waals surface area contributed by atoms with Crippen molar-refractivity contribution in [2.45, 2.75) is 5.79 Å². The normalized spacial score (nSPS) is 4.40. The van der Waals surface area contributed by atoms with Crippen molar-refractivity contribution in [3.05, 3.63) is 0 Å². The van der Waals surface area contributed by atoms with E-state index in [4.69, 9.17) is 0 Å². The van der Waals surface area contributed by atoms with Gasteiger partial charge in [0.15, 0.2) is 0 Å². The molecule has 0 saturated heterocycles. The molecule has 0 aliphatic carbocycles. The zero-order chi connectivity index (χ0) is 3.41. The van der Waals surface area contributed by atoms with Crippen LogP contribution in [0, 0.1) is 0 Å². The van der Waals surface area contributed by atoms with Crippen LogP contribution in [0.1, 0.15) is 0 Å². The second-order valence-electron chi connectivity index (χ2n) is 0.577. The van der Waals surface area contributed by atoms with Gasteiger partial charge in [-0.3, -0.25) is 0 Å². The summed E-state index contributed by atoms with van der Waals surface area (Å²) in [5.41, 5.74) is 0. The van der Waals surface area contributed by atoms with Gasteiger partial charge >= 0.3 is 32.6 Å². The molecule has 0 heterocycles. The summed E-state index contributed by atoms with van der Waals surface area (Å²) < 4.78 is 3.01. The molecule has 1 N–H and O–H groups in total. The van der Waals surface area contributed by atoms with E-state index in [9.17, 15) is 0 Å². The zero-order valence-corrected chi connectivity index (χ0v) is 5.37. The molecular weight excluding hydrogens is 100 g/mol. The molecule has 0 aromatic rings. The number of halogens is 1. The molecule has 0 radical (unpaired) electrons. The molecule has 1 nitrogen and oxygen atoms in total. The van der Waals surface area contributed by atoms with E-state index >= 15 is 0 Å². The van der Waals surface area contributed by atoms with Crippen LogP contribution in [-0.4, -0.2) is 22.5 Å². The van der Waals surface area contributed by atoms with Crippen LogP contribution in [0.3, 0.4) is 0 Å². The third kappa shape index (κ3) is 11.7. The van der Waals surface area contributed by atoms with Gasteiger partial charge in [0.2, 0.25) is 0 Å². The molecule has 0 fully saturated rings. The monoisotopic (exact) mass is 107 g/mol. The predicted octanol–water partition coefficient (Wildman–Crippen LogP) is -3.12. The minimum absolute atomic E-state index is 0. The van der Waals surface area contributed by atoms with Gasteiger partial charge in [-0.25, -0.2) is 0 Å². The van der Waals surface area contributed by atoms with Crippen molar-refractivity contribution in [1.29, 1.82) is 0 Å². The molecule has 0 atom stereocenters. The fourth-order valence-corrected chi connectivity index (χ4v) is 0. The van der Waals surface area contributed by atoms with Crippen LogP contribution in [0.25, 0.3) is 0 Å². The summed E-state index contributed by atoms with van der Waals surface area (Å²) in [5, 5.41) is 0. The van der Waals surface area contributed by atoms with Crippen molar-refractivity contribution >= 4 is 15.4 Å². The maximum absolute atomic E-state index is 3.01. The van der Waals surface area contributed by atoms with Crippen LogP contribution >= 0.6 is 0 Å². The smallest absolute Gasteiger partial charge is 1.00 e. The quantitative estimate of drug-likeness (QED) is 0.350. The summed E-state index contributed by atoms with van der Waals surface area (Å²) in [7, 11) is 1.97. The van der Waals surface area contributed by atoms with Crippen LogP contribution in [0.2, 0.25) is 5.79 Å². The Morgan fingerprint density at radius 2 is 1.80 bits per heavy atom. The molecule has 3 heteroatoms. The SMILES string of the molecule is C[NH][Al+][CH3].[Cl-]. The van der Waals surface area contributed by atoms with E-state index in [1.165, 1.54) is 0 Å². The first-order valence-electron chi connectivity index (χ1n) is 1.37. The van der Waals surface area contributed by atoms with Gasteiger partial charge in [0.05, 0.1) is 0 Å². The van der Waals surface area contributed by atoms with Crippen LogP contribution in [0.4, 0.5) is 0 Å². The summed E-state index contributed by atoms with van der Waals surface area (Å²) in [5.74, 6) is 2.15. The molecule has 0 unspecified atom stereocenters. The van der Waals surface area contributed by atoms with E-state index in [1.807, 2.05) is 7.05 Å². The molecule has 5 heavy (non-hydrogen) atoms. The van der Waals surface area contributed by atoms with Gasteiger partial charge in [-0.05, 0) is 0 Å². The standard InChI is InChI=1S/CH4N.CH3.Al.ClH/c1-2;;;/h2H,1H3;1H3;;1H/q-1;;+2;/p-1. The second kappa shape index (κ2) is 8.84. The van der Waals surface area contributed by atoms with Gasteiger partial charge in [-0.1, -0.05) is 0 Å². The Balaban J connectivity index is 0. The summed E-state index contributed by atoms with van der Waals surface area (Å²) in [6.07, 6.45) is 0. The Morgan fingerprint density at radius 1 is 1.60 bits per heavy atom. The zero-order valence-electron chi connectivity index (χ0n) is 3.46. The van der Waals surface area contributed by atoms with E-state index in [1.54, 1.807) is 0 Å². The van der Waals surface area contributed by atoms with Crippen LogP contribution in [-0.2, 0) is 0 Å². The molecule has 0 rings (SSSR count). The Kier molecular flexibility index (Phi) is 16.3. The maximum atomic E-state index is 3.01. The Morgan fingerprint density at radius 3 is 1.80 bits per heavy atom. The average molecular weight is 108 g/mol. The third-order valence-electron chi connectivity index (χ3n) is 0.289. The first kappa shape index (κ1) is 9.24. The summed E-state index contributed by atoms with van der Waals surface area (Å²) in [4.78, 5) is 0. The molecule has 0 aromatic heterocycles. The van der Waals surface area contributed by atoms with Gasteiger partial charge in [-0.2, -0.15) is 0 Å². The third-order valence-corrected chi connectivity index (χ3v) is 0.866. The summed E-state index contributed by atoms with van der Waals surface area (Å²) >= 11 is 0.532. The Hall–Kier alpha value is 0.782. The van der Waals surface area contributed by atoms with Gasteiger partial charge in [0, 0.05) is 0 Å². The van der Waals surface area contributed by atoms with E-state index in [2.05, 4.69) is 10.1 Å². The van der Waals surface area contributed by atoms with Gasteiger partial charge in [-0.15, -0.1) is 0 Å². The Labute approximate surface area is 45.5 Å². The fourth-order valence-electron chi connectivity index (χ4n) is 0. The van der Waals surface area contributed by atoms with E-state index in [-0.39, 0.29) is 12.4 Å². The van der Waals surface area contributed by atoms with Crippen LogP contribution < -0.4 is 16.7 Å². The fraction of sp³-hybridized carbons (Fsp3) is 1.00. The van der Waals surface area contributed by atoms with Gasteiger partial charge in [0.25, 0.3) is 0 Å². The van der Waals surface area contributed by atoms with E-state index in [0.29, 0.717) is 15.4 Å².